The van der Waals surface area contributed by atoms with Crippen LogP contribution < -0.4 is 0 Å². The summed E-state index contributed by atoms with van der Waals surface area (Å²) in [5.41, 5.74) is 0. The third-order valence-electron chi connectivity index (χ3n) is 11.7. The minimum Gasteiger partial charge on any atom is -0.481 e. The molecule has 348 valence electrons. The molecule has 0 fully saturated rings. The molecule has 0 aromatic rings. The Balaban J connectivity index is 0. The Labute approximate surface area is 359 Å². The zero-order valence-corrected chi connectivity index (χ0v) is 38.6. The Hall–Kier alpha value is -1.22. The van der Waals surface area contributed by atoms with Gasteiger partial charge in [0.15, 0.2) is 0 Å². The zero-order chi connectivity index (χ0) is 43.0. The van der Waals surface area contributed by atoms with Gasteiger partial charge in [-0.1, -0.05) is 239 Å². The van der Waals surface area contributed by atoms with Crippen LogP contribution in [0.15, 0.2) is 0 Å². The fraction of sp³-hybridized carbons (Fsp3) is 0.960. The largest absolute Gasteiger partial charge is 0.481 e. The van der Waals surface area contributed by atoms with E-state index in [1.54, 1.807) is 0 Å². The molecule has 0 heterocycles. The van der Waals surface area contributed by atoms with Crippen LogP contribution in [0.1, 0.15) is 271 Å². The van der Waals surface area contributed by atoms with E-state index in [1.165, 1.54) is 186 Å². The molecule has 0 amide bonds. The topological polar surface area (TPSA) is 145 Å². The second-order valence-corrected chi connectivity index (χ2v) is 17.6. The van der Waals surface area contributed by atoms with E-state index in [1.807, 2.05) is 0 Å². The molecule has 3 unspecified atom stereocenters. The molecule has 58 heavy (non-hydrogen) atoms. The van der Waals surface area contributed by atoms with Crippen molar-refractivity contribution in [2.75, 3.05) is 19.8 Å². The summed E-state index contributed by atoms with van der Waals surface area (Å²) in [5.74, 6) is -0.495. The van der Waals surface area contributed by atoms with E-state index >= 15 is 0 Å². The summed E-state index contributed by atoms with van der Waals surface area (Å²) in [5, 5.41) is 45.4. The van der Waals surface area contributed by atoms with Crippen molar-refractivity contribution in [2.45, 2.75) is 283 Å². The van der Waals surface area contributed by atoms with Crippen molar-refractivity contribution < 1.29 is 39.9 Å². The predicted molar refractivity (Wildman–Crippen MR) is 244 cm³/mol. The van der Waals surface area contributed by atoms with E-state index in [2.05, 4.69) is 13.8 Å². The Kier molecular flexibility index (Phi) is 50.9. The van der Waals surface area contributed by atoms with Crippen molar-refractivity contribution >= 4 is 11.9 Å². The molecule has 0 bridgehead atoms. The van der Waals surface area contributed by atoms with Crippen molar-refractivity contribution in [3.8, 4) is 0 Å². The van der Waals surface area contributed by atoms with Crippen molar-refractivity contribution in [3.05, 3.63) is 0 Å². The molecule has 0 saturated heterocycles. The summed E-state index contributed by atoms with van der Waals surface area (Å²) >= 11 is 0. The van der Waals surface area contributed by atoms with Gasteiger partial charge in [0, 0.05) is 12.8 Å². The van der Waals surface area contributed by atoms with Crippen LogP contribution in [0.2, 0.25) is 0 Å². The highest BCUT2D eigenvalue weighted by molar-refractivity contribution is 5.69. The van der Waals surface area contributed by atoms with Crippen molar-refractivity contribution in [3.63, 3.8) is 0 Å². The maximum atomic E-state index is 11.4. The molecule has 8 nitrogen and oxygen atoms in total. The van der Waals surface area contributed by atoms with E-state index in [0.29, 0.717) is 18.8 Å². The molecule has 0 radical (unpaired) electrons. The standard InChI is InChI=1S/2C25H50O4/c1-2-3-4-5-6-7-8-9-10-11-12-15-18-23(21-24(27)22-26)19-16-13-14-17-20-25(28)29;1-2-3-4-5-6-7-8-9-10-11-12-13-14-15-16-17-18-19-20-21-25(28)29-23-24(27)22-26/h23-24,26-27H,2-22H2,1H3,(H,28,29);24,26-27H,2-23H2,1H3. The molecular weight excluding hydrogens is 729 g/mol. The SMILES string of the molecule is CCCCCCCCCCCCCCC(CCCCCCC(=O)O)CC(O)CO.CCCCCCCCCCCCCCCCCCCCCC(=O)OCC(O)CO. The van der Waals surface area contributed by atoms with Crippen LogP contribution >= 0.6 is 0 Å². The zero-order valence-electron chi connectivity index (χ0n) is 38.6. The molecule has 0 aromatic heterocycles. The number of esters is 1. The number of carboxylic acids is 1. The van der Waals surface area contributed by atoms with Gasteiger partial charge in [-0.25, -0.2) is 0 Å². The second-order valence-electron chi connectivity index (χ2n) is 17.6. The normalized spacial score (nSPS) is 12.9. The lowest BCUT2D eigenvalue weighted by molar-refractivity contribution is -0.147. The van der Waals surface area contributed by atoms with Crippen molar-refractivity contribution in [2.24, 2.45) is 5.92 Å². The lowest BCUT2D eigenvalue weighted by Gasteiger charge is -2.19. The second kappa shape index (κ2) is 50.1. The van der Waals surface area contributed by atoms with Gasteiger partial charge in [-0.2, -0.15) is 0 Å². The van der Waals surface area contributed by atoms with Crippen molar-refractivity contribution in [1.82, 2.24) is 0 Å². The average Bonchev–Trinajstić information content (AvgIpc) is 3.22. The number of aliphatic hydroxyl groups excluding tert-OH is 4. The molecule has 5 N–H and O–H groups in total. The summed E-state index contributed by atoms with van der Waals surface area (Å²) in [4.78, 5) is 22.0. The first-order chi connectivity index (χ1) is 28.3. The van der Waals surface area contributed by atoms with Crippen LogP contribution in [0.25, 0.3) is 0 Å². The number of ether oxygens (including phenoxy) is 1. The minimum atomic E-state index is -0.955. The van der Waals surface area contributed by atoms with Crippen LogP contribution in [-0.2, 0) is 14.3 Å². The minimum absolute atomic E-state index is 0.103. The number of carbonyl (C=O) groups excluding carboxylic acids is 1. The summed E-state index contributed by atoms with van der Waals surface area (Å²) < 4.78 is 4.88. The fourth-order valence-corrected chi connectivity index (χ4v) is 7.84. The monoisotopic (exact) mass is 829 g/mol. The third kappa shape index (κ3) is 50.9. The number of hydrogen-bond acceptors (Lipinski definition) is 7. The number of rotatable bonds is 46. The number of carboxylic acid groups (broad SMARTS) is 1. The Morgan fingerprint density at radius 1 is 0.414 bits per heavy atom. The Morgan fingerprint density at radius 3 is 1.02 bits per heavy atom. The highest BCUT2D eigenvalue weighted by Crippen LogP contribution is 2.24. The van der Waals surface area contributed by atoms with E-state index in [4.69, 9.17) is 25.2 Å². The number of hydrogen-bond donors (Lipinski definition) is 5. The Bertz CT molecular complexity index is 808. The van der Waals surface area contributed by atoms with Gasteiger partial charge < -0.3 is 30.3 Å². The molecule has 3 atom stereocenters. The highest BCUT2D eigenvalue weighted by Gasteiger charge is 2.14. The van der Waals surface area contributed by atoms with Gasteiger partial charge in [-0.15, -0.1) is 0 Å². The highest BCUT2D eigenvalue weighted by atomic mass is 16.5. The van der Waals surface area contributed by atoms with Gasteiger partial charge in [0.2, 0.25) is 0 Å². The van der Waals surface area contributed by atoms with E-state index in [-0.39, 0.29) is 32.2 Å². The lowest BCUT2D eigenvalue weighted by atomic mass is 9.89. The van der Waals surface area contributed by atoms with Crippen LogP contribution in [0.5, 0.6) is 0 Å². The molecule has 8 heteroatoms. The third-order valence-corrected chi connectivity index (χ3v) is 11.7. The molecule has 0 aliphatic rings. The first kappa shape index (κ1) is 58.9. The molecule has 0 aliphatic heterocycles. The van der Waals surface area contributed by atoms with E-state index in [9.17, 15) is 14.7 Å². The first-order valence-electron chi connectivity index (χ1n) is 25.3. The van der Waals surface area contributed by atoms with Gasteiger partial charge >= 0.3 is 11.9 Å². The maximum Gasteiger partial charge on any atom is 0.305 e. The smallest absolute Gasteiger partial charge is 0.305 e. The van der Waals surface area contributed by atoms with Crippen LogP contribution in [-0.4, -0.2) is 69.5 Å². The number of aliphatic hydroxyl groups is 4. The predicted octanol–water partition coefficient (Wildman–Crippen LogP) is 13.6. The summed E-state index contributed by atoms with van der Waals surface area (Å²) in [6, 6.07) is 0. The summed E-state index contributed by atoms with van der Waals surface area (Å²) in [6.45, 7) is 3.93. The average molecular weight is 829 g/mol. The fourth-order valence-electron chi connectivity index (χ4n) is 7.84. The summed E-state index contributed by atoms with van der Waals surface area (Å²) in [6.07, 6.45) is 47.7. The van der Waals surface area contributed by atoms with Crippen LogP contribution in [0.4, 0.5) is 0 Å². The quantitative estimate of drug-likeness (QED) is 0.0301. The number of aliphatic carboxylic acids is 1. The Morgan fingerprint density at radius 2 is 0.707 bits per heavy atom. The van der Waals surface area contributed by atoms with Gasteiger partial charge in [0.1, 0.15) is 12.7 Å². The molecule has 0 rings (SSSR count). The number of carbonyl (C=O) groups is 2. The molecule has 0 aliphatic carbocycles. The van der Waals surface area contributed by atoms with E-state index in [0.717, 1.165) is 51.4 Å². The van der Waals surface area contributed by atoms with Crippen LogP contribution in [0.3, 0.4) is 0 Å². The lowest BCUT2D eigenvalue weighted by Crippen LogP contribution is -2.21. The van der Waals surface area contributed by atoms with Gasteiger partial charge in [0.05, 0.1) is 19.3 Å². The first-order valence-corrected chi connectivity index (χ1v) is 25.3. The van der Waals surface area contributed by atoms with Crippen LogP contribution in [0, 0.1) is 5.92 Å². The maximum absolute atomic E-state index is 11.4. The summed E-state index contributed by atoms with van der Waals surface area (Å²) in [7, 11) is 0. The number of unbranched alkanes of at least 4 members (excludes halogenated alkanes) is 32. The van der Waals surface area contributed by atoms with Gasteiger partial charge in [-0.3, -0.25) is 9.59 Å². The molecule has 0 saturated carbocycles. The van der Waals surface area contributed by atoms with Crippen molar-refractivity contribution in [1.29, 1.82) is 0 Å². The van der Waals surface area contributed by atoms with Gasteiger partial charge in [-0.05, 0) is 25.2 Å². The molecule has 0 spiro atoms. The van der Waals surface area contributed by atoms with E-state index < -0.39 is 18.2 Å². The molecular formula is C50H100O8. The van der Waals surface area contributed by atoms with Gasteiger partial charge in [0.25, 0.3) is 0 Å². The molecule has 0 aromatic carbocycles.